The largest absolute Gasteiger partial charge is 0.455 e. The molecular weight excluding hydrogens is 389 g/mol. The molecule has 0 aromatic heterocycles. The molecule has 1 aliphatic carbocycles. The summed E-state index contributed by atoms with van der Waals surface area (Å²) in [5, 5.41) is 5.53. The predicted molar refractivity (Wildman–Crippen MR) is 108 cm³/mol. The summed E-state index contributed by atoms with van der Waals surface area (Å²) in [5.74, 6) is -0.372. The summed E-state index contributed by atoms with van der Waals surface area (Å²) < 4.78 is 19.1. The van der Waals surface area contributed by atoms with Gasteiger partial charge in [0.05, 0.1) is 5.69 Å². The third-order valence-corrected chi connectivity index (χ3v) is 5.45. The third kappa shape index (κ3) is 3.98. The van der Waals surface area contributed by atoms with E-state index in [1.165, 1.54) is 18.2 Å². The van der Waals surface area contributed by atoms with Gasteiger partial charge in [0.2, 0.25) is 5.91 Å². The minimum absolute atomic E-state index is 0.00513. The minimum Gasteiger partial charge on any atom is -0.455 e. The second-order valence-corrected chi connectivity index (χ2v) is 7.53. The molecule has 0 unspecified atom stereocenters. The maximum atomic E-state index is 13.4. The summed E-state index contributed by atoms with van der Waals surface area (Å²) in [5.41, 5.74) is -0.366. The molecule has 2 aliphatic rings. The highest BCUT2D eigenvalue weighted by molar-refractivity contribution is 6.07. The van der Waals surface area contributed by atoms with Crippen LogP contribution in [0.5, 0.6) is 11.5 Å². The molecule has 2 fully saturated rings. The van der Waals surface area contributed by atoms with Gasteiger partial charge < -0.3 is 15.4 Å². The van der Waals surface area contributed by atoms with E-state index in [1.807, 2.05) is 0 Å². The van der Waals surface area contributed by atoms with Crippen LogP contribution < -0.4 is 15.4 Å². The average molecular weight is 411 g/mol. The van der Waals surface area contributed by atoms with Crippen molar-refractivity contribution in [3.63, 3.8) is 0 Å². The van der Waals surface area contributed by atoms with Gasteiger partial charge in [-0.05, 0) is 37.1 Å². The van der Waals surface area contributed by atoms with Gasteiger partial charge in [0, 0.05) is 19.0 Å². The van der Waals surface area contributed by atoms with Gasteiger partial charge in [-0.25, -0.2) is 9.18 Å². The Balaban J connectivity index is 1.38. The number of carbonyl (C=O) groups excluding carboxylic acids is 3. The summed E-state index contributed by atoms with van der Waals surface area (Å²) in [6.45, 7) is 0.00513. The van der Waals surface area contributed by atoms with Crippen LogP contribution in [0.25, 0.3) is 0 Å². The number of carbonyl (C=O) groups is 3. The zero-order valence-corrected chi connectivity index (χ0v) is 16.3. The summed E-state index contributed by atoms with van der Waals surface area (Å²) in [6, 6.07) is 12.0. The summed E-state index contributed by atoms with van der Waals surface area (Å²) in [6.07, 6.45) is 3.06. The standard InChI is InChI=1S/C22H22FN3O4/c23-15-6-5-7-16(14-15)30-18-9-2-1-8-17(18)24-19(27)10-13-26-20(28)22(25-21(26)29)11-3-4-12-22/h1-2,5-9,14H,3-4,10-13H2,(H,24,27)(H,25,29). The third-order valence-electron chi connectivity index (χ3n) is 5.45. The first-order chi connectivity index (χ1) is 14.5. The van der Waals surface area contributed by atoms with Crippen molar-refractivity contribution in [1.29, 1.82) is 0 Å². The van der Waals surface area contributed by atoms with Crippen molar-refractivity contribution >= 4 is 23.5 Å². The van der Waals surface area contributed by atoms with Gasteiger partial charge in [0.1, 0.15) is 17.1 Å². The molecule has 1 spiro atoms. The van der Waals surface area contributed by atoms with Crippen LogP contribution in [-0.4, -0.2) is 34.8 Å². The summed E-state index contributed by atoms with van der Waals surface area (Å²) in [7, 11) is 0. The van der Waals surface area contributed by atoms with Gasteiger partial charge in [-0.15, -0.1) is 0 Å². The van der Waals surface area contributed by atoms with Crippen LogP contribution in [-0.2, 0) is 9.59 Å². The molecule has 4 rings (SSSR count). The Morgan fingerprint density at radius 2 is 1.90 bits per heavy atom. The van der Waals surface area contributed by atoms with Crippen LogP contribution in [0.1, 0.15) is 32.1 Å². The molecule has 156 valence electrons. The highest BCUT2D eigenvalue weighted by Gasteiger charge is 2.52. The number of halogens is 1. The number of rotatable bonds is 6. The van der Waals surface area contributed by atoms with Crippen LogP contribution in [0, 0.1) is 5.82 Å². The maximum Gasteiger partial charge on any atom is 0.325 e. The molecule has 0 bridgehead atoms. The first-order valence-electron chi connectivity index (χ1n) is 9.93. The van der Waals surface area contributed by atoms with E-state index in [-0.39, 0.29) is 24.8 Å². The molecule has 2 N–H and O–H groups in total. The molecule has 2 aromatic carbocycles. The van der Waals surface area contributed by atoms with Crippen LogP contribution in [0.3, 0.4) is 0 Å². The van der Waals surface area contributed by atoms with Crippen LogP contribution in [0.2, 0.25) is 0 Å². The van der Waals surface area contributed by atoms with Gasteiger partial charge in [-0.2, -0.15) is 0 Å². The second kappa shape index (κ2) is 8.14. The lowest BCUT2D eigenvalue weighted by Crippen LogP contribution is -2.44. The van der Waals surface area contributed by atoms with E-state index in [2.05, 4.69) is 10.6 Å². The van der Waals surface area contributed by atoms with E-state index >= 15 is 0 Å². The smallest absolute Gasteiger partial charge is 0.325 e. The Hall–Kier alpha value is -3.42. The topological polar surface area (TPSA) is 87.7 Å². The minimum atomic E-state index is -0.779. The maximum absolute atomic E-state index is 13.4. The molecule has 8 heteroatoms. The van der Waals surface area contributed by atoms with Crippen molar-refractivity contribution in [1.82, 2.24) is 10.2 Å². The van der Waals surface area contributed by atoms with Crippen molar-refractivity contribution in [3.05, 3.63) is 54.3 Å². The number of benzene rings is 2. The van der Waals surface area contributed by atoms with E-state index in [0.29, 0.717) is 30.0 Å². The number of nitrogens with one attached hydrogen (secondary N) is 2. The lowest BCUT2D eigenvalue weighted by Gasteiger charge is -2.20. The average Bonchev–Trinajstić information content (AvgIpc) is 3.27. The van der Waals surface area contributed by atoms with Gasteiger partial charge in [-0.1, -0.05) is 31.0 Å². The molecule has 0 atom stereocenters. The van der Waals surface area contributed by atoms with Crippen molar-refractivity contribution in [2.24, 2.45) is 0 Å². The molecule has 2 aromatic rings. The summed E-state index contributed by atoms with van der Waals surface area (Å²) in [4.78, 5) is 38.5. The fraction of sp³-hybridized carbons (Fsp3) is 0.318. The molecule has 4 amide bonds. The second-order valence-electron chi connectivity index (χ2n) is 7.53. The fourth-order valence-corrected chi connectivity index (χ4v) is 3.94. The quantitative estimate of drug-likeness (QED) is 0.708. The molecular formula is C22H22FN3O4. The first-order valence-corrected chi connectivity index (χ1v) is 9.93. The summed E-state index contributed by atoms with van der Waals surface area (Å²) >= 11 is 0. The Morgan fingerprint density at radius 1 is 1.13 bits per heavy atom. The Morgan fingerprint density at radius 3 is 2.67 bits per heavy atom. The highest BCUT2D eigenvalue weighted by atomic mass is 19.1. The predicted octanol–water partition coefficient (Wildman–Crippen LogP) is 3.81. The van der Waals surface area contributed by atoms with Crippen molar-refractivity contribution < 1.29 is 23.5 Å². The van der Waals surface area contributed by atoms with Crippen LogP contribution in [0.15, 0.2) is 48.5 Å². The Bertz CT molecular complexity index is 988. The van der Waals surface area contributed by atoms with Crippen molar-refractivity contribution in [2.45, 2.75) is 37.6 Å². The SMILES string of the molecule is O=C(CCN1C(=O)NC2(CCCC2)C1=O)Nc1ccccc1Oc1cccc(F)c1. The molecule has 7 nitrogen and oxygen atoms in total. The van der Waals surface area contributed by atoms with Crippen LogP contribution in [0.4, 0.5) is 14.9 Å². The zero-order valence-electron chi connectivity index (χ0n) is 16.3. The number of amides is 4. The van der Waals surface area contributed by atoms with Gasteiger partial charge >= 0.3 is 6.03 Å². The number of ether oxygens (including phenoxy) is 1. The van der Waals surface area contributed by atoms with E-state index in [9.17, 15) is 18.8 Å². The van der Waals surface area contributed by atoms with Gasteiger partial charge in [0.25, 0.3) is 5.91 Å². The Labute approximate surface area is 173 Å². The molecule has 30 heavy (non-hydrogen) atoms. The number of hydrogen-bond donors (Lipinski definition) is 2. The molecule has 0 radical (unpaired) electrons. The molecule has 1 saturated heterocycles. The number of hydrogen-bond acceptors (Lipinski definition) is 4. The first kappa shape index (κ1) is 19.9. The molecule has 1 saturated carbocycles. The number of nitrogens with zero attached hydrogens (tertiary/aromatic N) is 1. The zero-order chi connectivity index (χ0) is 21.1. The monoisotopic (exact) mass is 411 g/mol. The van der Waals surface area contributed by atoms with Crippen molar-refractivity contribution in [3.8, 4) is 11.5 Å². The number of para-hydroxylation sites is 2. The number of urea groups is 1. The van der Waals surface area contributed by atoms with E-state index < -0.39 is 17.4 Å². The highest BCUT2D eigenvalue weighted by Crippen LogP contribution is 2.35. The number of anilines is 1. The van der Waals surface area contributed by atoms with E-state index in [1.54, 1.807) is 30.3 Å². The fourth-order valence-electron chi connectivity index (χ4n) is 3.94. The molecule has 1 aliphatic heterocycles. The van der Waals surface area contributed by atoms with Crippen LogP contribution >= 0.6 is 0 Å². The number of imide groups is 1. The van der Waals surface area contributed by atoms with E-state index in [0.717, 1.165) is 17.7 Å². The normalized spacial score (nSPS) is 17.3. The van der Waals surface area contributed by atoms with Crippen molar-refractivity contribution in [2.75, 3.05) is 11.9 Å². The van der Waals surface area contributed by atoms with E-state index in [4.69, 9.17) is 4.74 Å². The van der Waals surface area contributed by atoms with Gasteiger partial charge in [0.15, 0.2) is 5.75 Å². The lowest BCUT2D eigenvalue weighted by atomic mass is 9.98. The molecule has 1 heterocycles. The van der Waals surface area contributed by atoms with Gasteiger partial charge in [-0.3, -0.25) is 14.5 Å². The lowest BCUT2D eigenvalue weighted by molar-refractivity contribution is -0.131. The Kier molecular flexibility index (Phi) is 5.39.